The molecular formula is C16H14N2O3S2. The number of H-pyrrole nitrogens is 1. The molecule has 0 fully saturated rings. The van der Waals surface area contributed by atoms with Crippen LogP contribution in [0.2, 0.25) is 0 Å². The lowest BCUT2D eigenvalue weighted by Crippen LogP contribution is -2.13. The van der Waals surface area contributed by atoms with Gasteiger partial charge in [0.2, 0.25) is 0 Å². The number of esters is 1. The van der Waals surface area contributed by atoms with Gasteiger partial charge in [-0.05, 0) is 26.0 Å². The topological polar surface area (TPSA) is 72.0 Å². The Morgan fingerprint density at radius 3 is 2.96 bits per heavy atom. The van der Waals surface area contributed by atoms with Gasteiger partial charge < -0.3 is 9.72 Å². The van der Waals surface area contributed by atoms with E-state index in [2.05, 4.69) is 9.97 Å². The fourth-order valence-electron chi connectivity index (χ4n) is 2.15. The van der Waals surface area contributed by atoms with Crippen LogP contribution in [0.1, 0.15) is 17.6 Å². The van der Waals surface area contributed by atoms with Crippen LogP contribution in [0.4, 0.5) is 0 Å². The van der Waals surface area contributed by atoms with Gasteiger partial charge in [0.25, 0.3) is 5.56 Å². The van der Waals surface area contributed by atoms with Gasteiger partial charge >= 0.3 is 5.97 Å². The summed E-state index contributed by atoms with van der Waals surface area (Å²) in [5.74, 6) is -0.118. The van der Waals surface area contributed by atoms with Gasteiger partial charge in [-0.2, -0.15) is 0 Å². The summed E-state index contributed by atoms with van der Waals surface area (Å²) in [6.45, 7) is 3.70. The molecule has 7 heteroatoms. The molecular weight excluding hydrogens is 332 g/mol. The van der Waals surface area contributed by atoms with Gasteiger partial charge in [-0.15, -0.1) is 22.7 Å². The summed E-state index contributed by atoms with van der Waals surface area (Å²) in [5.41, 5.74) is 0.684. The third-order valence-corrected chi connectivity index (χ3v) is 5.06. The number of aromatic amines is 1. The molecule has 0 radical (unpaired) electrons. The van der Waals surface area contributed by atoms with Gasteiger partial charge in [0, 0.05) is 26.8 Å². The summed E-state index contributed by atoms with van der Waals surface area (Å²) >= 11 is 3.05. The molecule has 5 nitrogen and oxygen atoms in total. The number of nitrogens with one attached hydrogen (secondary N) is 1. The standard InChI is InChI=1S/C16H14N2O3S2/c1-3-4-13(19)21-7-12-17-15(20)14-10(8-22-16(14)18-12)11-6-5-9(2)23-11/h3-6,8H,7H2,1-2H3,(H,17,18,20)/b4-3+. The van der Waals surface area contributed by atoms with Gasteiger partial charge in [0.05, 0.1) is 5.39 Å². The smallest absolute Gasteiger partial charge is 0.330 e. The number of carbonyl (C=O) groups is 1. The molecule has 3 aromatic rings. The van der Waals surface area contributed by atoms with E-state index >= 15 is 0 Å². The predicted molar refractivity (Wildman–Crippen MR) is 92.9 cm³/mol. The number of fused-ring (bicyclic) bond motifs is 1. The number of nitrogens with zero attached hydrogens (tertiary/aromatic N) is 1. The molecule has 3 rings (SSSR count). The summed E-state index contributed by atoms with van der Waals surface area (Å²) in [5, 5.41) is 2.52. The molecule has 118 valence electrons. The van der Waals surface area contributed by atoms with Crippen molar-refractivity contribution in [2.45, 2.75) is 20.5 Å². The second-order valence-electron chi connectivity index (χ2n) is 4.86. The summed E-state index contributed by atoms with van der Waals surface area (Å²) in [6.07, 6.45) is 2.91. The minimum Gasteiger partial charge on any atom is -0.454 e. The third-order valence-electron chi connectivity index (χ3n) is 3.15. The highest BCUT2D eigenvalue weighted by Gasteiger charge is 2.14. The van der Waals surface area contributed by atoms with Crippen molar-refractivity contribution in [3.8, 4) is 10.4 Å². The molecule has 0 saturated carbocycles. The van der Waals surface area contributed by atoms with Gasteiger partial charge in [-0.25, -0.2) is 9.78 Å². The maximum absolute atomic E-state index is 12.4. The second-order valence-corrected chi connectivity index (χ2v) is 7.01. The number of rotatable bonds is 4. The summed E-state index contributed by atoms with van der Waals surface area (Å²) in [4.78, 5) is 33.7. The zero-order valence-corrected chi connectivity index (χ0v) is 14.2. The van der Waals surface area contributed by atoms with E-state index in [-0.39, 0.29) is 12.2 Å². The molecule has 0 bridgehead atoms. The van der Waals surface area contributed by atoms with Crippen molar-refractivity contribution in [3.05, 3.63) is 50.7 Å². The average Bonchev–Trinajstić information content (AvgIpc) is 3.11. The van der Waals surface area contributed by atoms with Crippen molar-refractivity contribution in [1.82, 2.24) is 9.97 Å². The molecule has 0 aliphatic rings. The van der Waals surface area contributed by atoms with Crippen LogP contribution < -0.4 is 5.56 Å². The van der Waals surface area contributed by atoms with Crippen molar-refractivity contribution >= 4 is 38.9 Å². The van der Waals surface area contributed by atoms with Crippen molar-refractivity contribution in [2.24, 2.45) is 0 Å². The van der Waals surface area contributed by atoms with E-state index in [0.717, 1.165) is 10.4 Å². The molecule has 0 aliphatic heterocycles. The number of carbonyl (C=O) groups excluding carboxylic acids is 1. The Morgan fingerprint density at radius 2 is 2.26 bits per heavy atom. The number of ether oxygens (including phenoxy) is 1. The molecule has 1 N–H and O–H groups in total. The monoisotopic (exact) mass is 346 g/mol. The van der Waals surface area contributed by atoms with Crippen LogP contribution in [0.15, 0.2) is 34.5 Å². The highest BCUT2D eigenvalue weighted by atomic mass is 32.1. The van der Waals surface area contributed by atoms with Gasteiger partial charge in [0.15, 0.2) is 0 Å². The van der Waals surface area contributed by atoms with Crippen LogP contribution in [0.3, 0.4) is 0 Å². The van der Waals surface area contributed by atoms with Crippen LogP contribution in [0.25, 0.3) is 20.7 Å². The molecule has 0 atom stereocenters. The lowest BCUT2D eigenvalue weighted by atomic mass is 10.2. The second kappa shape index (κ2) is 6.47. The normalized spacial score (nSPS) is 11.4. The van der Waals surface area contributed by atoms with Crippen molar-refractivity contribution in [3.63, 3.8) is 0 Å². The SMILES string of the molecule is C/C=C/C(=O)OCc1nc2scc(-c3ccc(C)s3)c2c(=O)[nH]1. The fraction of sp³-hybridized carbons (Fsp3) is 0.188. The summed E-state index contributed by atoms with van der Waals surface area (Å²) in [7, 11) is 0. The first kappa shape index (κ1) is 15.6. The van der Waals surface area contributed by atoms with E-state index in [1.54, 1.807) is 24.3 Å². The number of hydrogen-bond donors (Lipinski definition) is 1. The highest BCUT2D eigenvalue weighted by Crippen LogP contribution is 2.34. The van der Waals surface area contributed by atoms with Gasteiger partial charge in [-0.3, -0.25) is 4.79 Å². The Kier molecular flexibility index (Phi) is 4.40. The van der Waals surface area contributed by atoms with Crippen LogP contribution >= 0.6 is 22.7 Å². The zero-order valence-electron chi connectivity index (χ0n) is 12.6. The Hall–Kier alpha value is -2.25. The van der Waals surface area contributed by atoms with Crippen molar-refractivity contribution in [2.75, 3.05) is 0 Å². The first-order valence-corrected chi connectivity index (χ1v) is 8.64. The lowest BCUT2D eigenvalue weighted by molar-refractivity contribution is -0.139. The number of aryl methyl sites for hydroxylation is 1. The van der Waals surface area contributed by atoms with Crippen molar-refractivity contribution in [1.29, 1.82) is 0 Å². The largest absolute Gasteiger partial charge is 0.454 e. The van der Waals surface area contributed by atoms with Crippen LogP contribution in [-0.4, -0.2) is 15.9 Å². The van der Waals surface area contributed by atoms with E-state index in [1.165, 1.54) is 22.3 Å². The minimum absolute atomic E-state index is 0.0559. The first-order valence-electron chi connectivity index (χ1n) is 6.95. The zero-order chi connectivity index (χ0) is 16.4. The number of allylic oxidation sites excluding steroid dienone is 1. The Bertz CT molecular complexity index is 950. The quantitative estimate of drug-likeness (QED) is 0.578. The minimum atomic E-state index is -0.462. The molecule has 0 aromatic carbocycles. The van der Waals surface area contributed by atoms with Crippen LogP contribution in [0, 0.1) is 6.92 Å². The predicted octanol–water partition coefficient (Wildman–Crippen LogP) is 3.64. The van der Waals surface area contributed by atoms with Gasteiger partial charge in [-0.1, -0.05) is 6.08 Å². The Balaban J connectivity index is 1.95. The van der Waals surface area contributed by atoms with E-state index < -0.39 is 5.97 Å². The van der Waals surface area contributed by atoms with E-state index in [4.69, 9.17) is 4.74 Å². The first-order chi connectivity index (χ1) is 11.1. The Labute approximate surface area is 140 Å². The van der Waals surface area contributed by atoms with Crippen LogP contribution in [0.5, 0.6) is 0 Å². The highest BCUT2D eigenvalue weighted by molar-refractivity contribution is 7.19. The fourth-order valence-corrected chi connectivity index (χ4v) is 4.07. The summed E-state index contributed by atoms with van der Waals surface area (Å²) in [6, 6.07) is 4.04. The molecule has 0 amide bonds. The number of thiophene rings is 2. The summed E-state index contributed by atoms with van der Waals surface area (Å²) < 4.78 is 5.02. The molecule has 3 aromatic heterocycles. The molecule has 0 spiro atoms. The van der Waals surface area contributed by atoms with Crippen molar-refractivity contribution < 1.29 is 9.53 Å². The average molecular weight is 346 g/mol. The van der Waals surface area contributed by atoms with E-state index in [9.17, 15) is 9.59 Å². The molecule has 3 heterocycles. The molecule has 23 heavy (non-hydrogen) atoms. The van der Waals surface area contributed by atoms with Gasteiger partial charge in [0.1, 0.15) is 17.3 Å². The van der Waals surface area contributed by atoms with E-state index in [1.807, 2.05) is 24.4 Å². The molecule has 0 saturated heterocycles. The maximum atomic E-state index is 12.4. The van der Waals surface area contributed by atoms with Crippen LogP contribution in [-0.2, 0) is 16.1 Å². The lowest BCUT2D eigenvalue weighted by Gasteiger charge is -2.02. The third kappa shape index (κ3) is 3.25. The molecule has 0 unspecified atom stereocenters. The number of hydrogen-bond acceptors (Lipinski definition) is 6. The van der Waals surface area contributed by atoms with E-state index in [0.29, 0.717) is 16.0 Å². The number of aromatic nitrogens is 2. The molecule has 0 aliphatic carbocycles. The Morgan fingerprint density at radius 1 is 1.43 bits per heavy atom. The maximum Gasteiger partial charge on any atom is 0.330 e.